The van der Waals surface area contributed by atoms with Crippen molar-refractivity contribution in [2.24, 2.45) is 5.92 Å². The molecule has 0 amide bonds. The summed E-state index contributed by atoms with van der Waals surface area (Å²) in [4.78, 5) is 4.16. The van der Waals surface area contributed by atoms with E-state index in [2.05, 4.69) is 31.1 Å². The van der Waals surface area contributed by atoms with Gasteiger partial charge in [0.25, 0.3) is 0 Å². The number of nitrogens with one attached hydrogen (secondary N) is 1. The van der Waals surface area contributed by atoms with Crippen molar-refractivity contribution in [1.82, 2.24) is 4.98 Å². The summed E-state index contributed by atoms with van der Waals surface area (Å²) in [5, 5.41) is 3.46. The van der Waals surface area contributed by atoms with E-state index in [1.807, 2.05) is 18.3 Å². The van der Waals surface area contributed by atoms with Crippen LogP contribution in [0.5, 0.6) is 5.88 Å². The summed E-state index contributed by atoms with van der Waals surface area (Å²) < 4.78 is 5.01. The van der Waals surface area contributed by atoms with Crippen LogP contribution in [0.4, 0.5) is 5.69 Å². The predicted molar refractivity (Wildman–Crippen MR) is 63.3 cm³/mol. The lowest BCUT2D eigenvalue weighted by Crippen LogP contribution is -2.24. The van der Waals surface area contributed by atoms with E-state index in [9.17, 15) is 0 Å². The largest absolute Gasteiger partial charge is 0.481 e. The summed E-state index contributed by atoms with van der Waals surface area (Å²) >= 11 is 0. The summed E-state index contributed by atoms with van der Waals surface area (Å²) in [5.41, 5.74) is 1.05. The minimum absolute atomic E-state index is 0.500. The number of rotatable bonds is 5. The first-order valence-electron chi connectivity index (χ1n) is 5.44. The molecule has 0 radical (unpaired) electrons. The van der Waals surface area contributed by atoms with Gasteiger partial charge in [0.15, 0.2) is 0 Å². The first kappa shape index (κ1) is 11.8. The second kappa shape index (κ2) is 5.59. The van der Waals surface area contributed by atoms with Crippen LogP contribution in [0, 0.1) is 5.92 Å². The Labute approximate surface area is 91.9 Å². The molecule has 0 aromatic carbocycles. The quantitative estimate of drug-likeness (QED) is 0.807. The van der Waals surface area contributed by atoms with Crippen LogP contribution in [0.25, 0.3) is 0 Å². The van der Waals surface area contributed by atoms with Crippen LogP contribution < -0.4 is 10.1 Å². The molecule has 0 aliphatic rings. The molecule has 0 fully saturated rings. The van der Waals surface area contributed by atoms with Gasteiger partial charge in [-0.05, 0) is 18.4 Å². The van der Waals surface area contributed by atoms with Crippen LogP contribution in [-0.4, -0.2) is 18.1 Å². The summed E-state index contributed by atoms with van der Waals surface area (Å²) in [7, 11) is 1.62. The maximum absolute atomic E-state index is 5.01. The highest BCUT2D eigenvalue weighted by molar-refractivity contribution is 5.43. The Balaban J connectivity index is 2.63. The smallest absolute Gasteiger partial charge is 0.213 e. The zero-order valence-corrected chi connectivity index (χ0v) is 9.95. The molecule has 15 heavy (non-hydrogen) atoms. The third-order valence-electron chi connectivity index (χ3n) is 2.54. The molecule has 1 aromatic rings. The number of hydrogen-bond donors (Lipinski definition) is 1. The van der Waals surface area contributed by atoms with Gasteiger partial charge in [-0.25, -0.2) is 4.98 Å². The van der Waals surface area contributed by atoms with Gasteiger partial charge >= 0.3 is 0 Å². The van der Waals surface area contributed by atoms with Gasteiger partial charge in [-0.3, -0.25) is 0 Å². The molecule has 0 saturated heterocycles. The molecular formula is C12H20N2O. The second-order valence-corrected chi connectivity index (χ2v) is 3.99. The third-order valence-corrected chi connectivity index (χ3v) is 2.54. The number of ether oxygens (including phenoxy) is 1. The van der Waals surface area contributed by atoms with Gasteiger partial charge in [0, 0.05) is 12.1 Å². The average molecular weight is 208 g/mol. The molecule has 1 unspecified atom stereocenters. The van der Waals surface area contributed by atoms with Gasteiger partial charge in [0.1, 0.15) is 0 Å². The Morgan fingerprint density at radius 2 is 2.13 bits per heavy atom. The van der Waals surface area contributed by atoms with Gasteiger partial charge in [0.2, 0.25) is 5.88 Å². The summed E-state index contributed by atoms with van der Waals surface area (Å²) in [6, 6.07) is 4.37. The molecule has 0 saturated carbocycles. The van der Waals surface area contributed by atoms with E-state index >= 15 is 0 Å². The SMILES string of the molecule is CCC(Nc1ccc(OC)nc1)C(C)C. The molecule has 0 aliphatic heterocycles. The zero-order chi connectivity index (χ0) is 11.3. The second-order valence-electron chi connectivity index (χ2n) is 3.99. The lowest BCUT2D eigenvalue weighted by molar-refractivity contribution is 0.398. The van der Waals surface area contributed by atoms with E-state index in [0.29, 0.717) is 17.8 Å². The van der Waals surface area contributed by atoms with E-state index in [4.69, 9.17) is 4.74 Å². The summed E-state index contributed by atoms with van der Waals surface area (Å²) in [6.07, 6.45) is 2.92. The number of aromatic nitrogens is 1. The van der Waals surface area contributed by atoms with Crippen molar-refractivity contribution in [1.29, 1.82) is 0 Å². The fourth-order valence-electron chi connectivity index (χ4n) is 1.54. The molecule has 0 spiro atoms. The molecule has 3 nitrogen and oxygen atoms in total. The van der Waals surface area contributed by atoms with Crippen molar-refractivity contribution >= 4 is 5.69 Å². The van der Waals surface area contributed by atoms with E-state index in [-0.39, 0.29) is 0 Å². The van der Waals surface area contributed by atoms with E-state index < -0.39 is 0 Å². The Hall–Kier alpha value is -1.25. The average Bonchev–Trinajstić information content (AvgIpc) is 2.26. The van der Waals surface area contributed by atoms with Crippen molar-refractivity contribution < 1.29 is 4.74 Å². The standard InChI is InChI=1S/C12H20N2O/c1-5-11(9(2)3)14-10-6-7-12(15-4)13-8-10/h6-9,11,14H,5H2,1-4H3. The van der Waals surface area contributed by atoms with Crippen LogP contribution >= 0.6 is 0 Å². The highest BCUT2D eigenvalue weighted by Crippen LogP contribution is 2.16. The highest BCUT2D eigenvalue weighted by Gasteiger charge is 2.10. The normalized spacial score (nSPS) is 12.6. The molecule has 1 N–H and O–H groups in total. The maximum atomic E-state index is 5.01. The van der Waals surface area contributed by atoms with Crippen LogP contribution in [0.2, 0.25) is 0 Å². The molecular weight excluding hydrogens is 188 g/mol. The van der Waals surface area contributed by atoms with Gasteiger partial charge in [-0.15, -0.1) is 0 Å². The van der Waals surface area contributed by atoms with Gasteiger partial charge in [-0.2, -0.15) is 0 Å². The Morgan fingerprint density at radius 3 is 2.53 bits per heavy atom. The molecule has 0 bridgehead atoms. The monoisotopic (exact) mass is 208 g/mol. The topological polar surface area (TPSA) is 34.1 Å². The predicted octanol–water partition coefficient (Wildman–Crippen LogP) is 2.94. The number of pyridine rings is 1. The lowest BCUT2D eigenvalue weighted by atomic mass is 10.0. The fraction of sp³-hybridized carbons (Fsp3) is 0.583. The van der Waals surface area contributed by atoms with E-state index in [0.717, 1.165) is 12.1 Å². The molecule has 1 atom stereocenters. The Bertz CT molecular complexity index is 282. The fourth-order valence-corrected chi connectivity index (χ4v) is 1.54. The maximum Gasteiger partial charge on any atom is 0.213 e. The minimum atomic E-state index is 0.500. The first-order valence-corrected chi connectivity index (χ1v) is 5.44. The minimum Gasteiger partial charge on any atom is -0.481 e. The first-order chi connectivity index (χ1) is 7.17. The molecule has 1 heterocycles. The molecule has 1 aromatic heterocycles. The summed E-state index contributed by atoms with van der Waals surface area (Å²) in [5.74, 6) is 1.27. The molecule has 1 rings (SSSR count). The molecule has 3 heteroatoms. The zero-order valence-electron chi connectivity index (χ0n) is 9.95. The van der Waals surface area contributed by atoms with Gasteiger partial charge in [0.05, 0.1) is 19.0 Å². The number of hydrogen-bond acceptors (Lipinski definition) is 3. The van der Waals surface area contributed by atoms with Crippen LogP contribution in [0.3, 0.4) is 0 Å². The van der Waals surface area contributed by atoms with Gasteiger partial charge in [-0.1, -0.05) is 20.8 Å². The third kappa shape index (κ3) is 3.42. The van der Waals surface area contributed by atoms with E-state index in [1.165, 1.54) is 0 Å². The van der Waals surface area contributed by atoms with Crippen molar-refractivity contribution in [3.63, 3.8) is 0 Å². The van der Waals surface area contributed by atoms with Crippen LogP contribution in [0.1, 0.15) is 27.2 Å². The van der Waals surface area contributed by atoms with Crippen molar-refractivity contribution in [3.05, 3.63) is 18.3 Å². The number of methoxy groups -OCH3 is 1. The van der Waals surface area contributed by atoms with Gasteiger partial charge < -0.3 is 10.1 Å². The Kier molecular flexibility index (Phi) is 4.40. The number of nitrogens with zero attached hydrogens (tertiary/aromatic N) is 1. The Morgan fingerprint density at radius 1 is 1.40 bits per heavy atom. The summed E-state index contributed by atoms with van der Waals surface area (Å²) in [6.45, 7) is 6.63. The van der Waals surface area contributed by atoms with Crippen LogP contribution in [0.15, 0.2) is 18.3 Å². The van der Waals surface area contributed by atoms with Crippen molar-refractivity contribution in [3.8, 4) is 5.88 Å². The lowest BCUT2D eigenvalue weighted by Gasteiger charge is -2.21. The van der Waals surface area contributed by atoms with Crippen LogP contribution in [-0.2, 0) is 0 Å². The molecule has 0 aliphatic carbocycles. The van der Waals surface area contributed by atoms with Crippen molar-refractivity contribution in [2.75, 3.05) is 12.4 Å². The number of anilines is 1. The van der Waals surface area contributed by atoms with E-state index in [1.54, 1.807) is 7.11 Å². The highest BCUT2D eigenvalue weighted by atomic mass is 16.5. The van der Waals surface area contributed by atoms with Crippen molar-refractivity contribution in [2.45, 2.75) is 33.2 Å². The molecule has 84 valence electrons.